The van der Waals surface area contributed by atoms with E-state index in [4.69, 9.17) is 4.74 Å². The average Bonchev–Trinajstić information content (AvgIpc) is 2.40. The highest BCUT2D eigenvalue weighted by atomic mass is 35.5. The first kappa shape index (κ1) is 14.9. The number of hydrogen-bond donors (Lipinski definition) is 1. The van der Waals surface area contributed by atoms with Gasteiger partial charge in [0.1, 0.15) is 6.61 Å². The number of piperazine rings is 1. The summed E-state index contributed by atoms with van der Waals surface area (Å²) in [6, 6.07) is 3.95. The standard InChI is InChI=1S/C12H17N3O2.ClH/c1-17-9-12(16)15-6-5-14-8-11(15)10-3-2-4-13-7-10;/h2-4,7,11,14H,5-6,8-9H2,1H3;1H. The van der Waals surface area contributed by atoms with Crippen molar-refractivity contribution in [2.45, 2.75) is 6.04 Å². The molecule has 0 spiro atoms. The molecule has 100 valence electrons. The summed E-state index contributed by atoms with van der Waals surface area (Å²) in [5, 5.41) is 3.30. The van der Waals surface area contributed by atoms with Gasteiger partial charge in [0.05, 0.1) is 6.04 Å². The molecule has 1 N–H and O–H groups in total. The van der Waals surface area contributed by atoms with Crippen LogP contribution >= 0.6 is 12.4 Å². The van der Waals surface area contributed by atoms with Gasteiger partial charge in [-0.05, 0) is 11.6 Å². The van der Waals surface area contributed by atoms with Crippen LogP contribution in [0.15, 0.2) is 24.5 Å². The maximum absolute atomic E-state index is 11.9. The van der Waals surface area contributed by atoms with Crippen LogP contribution in [0.1, 0.15) is 11.6 Å². The Morgan fingerprint density at radius 2 is 2.50 bits per heavy atom. The number of nitrogens with one attached hydrogen (secondary N) is 1. The highest BCUT2D eigenvalue weighted by Gasteiger charge is 2.27. The molecular formula is C12H18ClN3O2. The molecule has 6 heteroatoms. The summed E-state index contributed by atoms with van der Waals surface area (Å²) in [4.78, 5) is 17.9. The van der Waals surface area contributed by atoms with Crippen molar-refractivity contribution >= 4 is 18.3 Å². The van der Waals surface area contributed by atoms with Gasteiger partial charge in [0.2, 0.25) is 5.91 Å². The first-order valence-corrected chi connectivity index (χ1v) is 5.72. The minimum absolute atomic E-state index is 0. The van der Waals surface area contributed by atoms with Crippen molar-refractivity contribution in [3.8, 4) is 0 Å². The molecular weight excluding hydrogens is 254 g/mol. The number of amides is 1. The number of methoxy groups -OCH3 is 1. The predicted molar refractivity (Wildman–Crippen MR) is 70.7 cm³/mol. The number of nitrogens with zero attached hydrogens (tertiary/aromatic N) is 2. The van der Waals surface area contributed by atoms with Crippen LogP contribution in [0.2, 0.25) is 0 Å². The molecule has 0 aromatic carbocycles. The van der Waals surface area contributed by atoms with Crippen molar-refractivity contribution < 1.29 is 9.53 Å². The van der Waals surface area contributed by atoms with E-state index in [1.165, 1.54) is 0 Å². The molecule has 1 aromatic rings. The fourth-order valence-electron chi connectivity index (χ4n) is 2.08. The maximum Gasteiger partial charge on any atom is 0.249 e. The molecule has 0 bridgehead atoms. The van der Waals surface area contributed by atoms with E-state index in [0.717, 1.165) is 18.7 Å². The number of carbonyl (C=O) groups excluding carboxylic acids is 1. The van der Waals surface area contributed by atoms with Crippen LogP contribution in [-0.2, 0) is 9.53 Å². The lowest BCUT2D eigenvalue weighted by Crippen LogP contribution is -2.49. The van der Waals surface area contributed by atoms with Gasteiger partial charge in [-0.15, -0.1) is 12.4 Å². The quantitative estimate of drug-likeness (QED) is 0.876. The van der Waals surface area contributed by atoms with Gasteiger partial charge < -0.3 is 15.0 Å². The van der Waals surface area contributed by atoms with Crippen molar-refractivity contribution in [2.75, 3.05) is 33.4 Å². The van der Waals surface area contributed by atoms with E-state index in [0.29, 0.717) is 6.54 Å². The SMILES string of the molecule is COCC(=O)N1CCNCC1c1cccnc1.Cl. The van der Waals surface area contributed by atoms with E-state index in [1.54, 1.807) is 13.3 Å². The molecule has 0 aliphatic carbocycles. The second-order valence-electron chi connectivity index (χ2n) is 4.03. The van der Waals surface area contributed by atoms with Gasteiger partial charge in [-0.25, -0.2) is 0 Å². The Morgan fingerprint density at radius 3 is 3.17 bits per heavy atom. The van der Waals surface area contributed by atoms with E-state index < -0.39 is 0 Å². The Labute approximate surface area is 113 Å². The third-order valence-corrected chi connectivity index (χ3v) is 2.90. The van der Waals surface area contributed by atoms with Crippen molar-refractivity contribution in [1.82, 2.24) is 15.2 Å². The molecule has 1 saturated heterocycles. The smallest absolute Gasteiger partial charge is 0.249 e. The van der Waals surface area contributed by atoms with Gasteiger partial charge in [0.15, 0.2) is 0 Å². The second-order valence-corrected chi connectivity index (χ2v) is 4.03. The van der Waals surface area contributed by atoms with Crippen molar-refractivity contribution in [3.05, 3.63) is 30.1 Å². The first-order chi connectivity index (χ1) is 8.33. The Hall–Kier alpha value is -1.17. The minimum atomic E-state index is 0. The number of aromatic nitrogens is 1. The third-order valence-electron chi connectivity index (χ3n) is 2.90. The van der Waals surface area contributed by atoms with Crippen molar-refractivity contribution in [2.24, 2.45) is 0 Å². The summed E-state index contributed by atoms with van der Waals surface area (Å²) in [7, 11) is 1.54. The number of rotatable bonds is 3. The monoisotopic (exact) mass is 271 g/mol. The lowest BCUT2D eigenvalue weighted by atomic mass is 10.1. The van der Waals surface area contributed by atoms with Gasteiger partial charge in [-0.1, -0.05) is 6.07 Å². The fourth-order valence-corrected chi connectivity index (χ4v) is 2.08. The first-order valence-electron chi connectivity index (χ1n) is 5.72. The molecule has 1 atom stereocenters. The summed E-state index contributed by atoms with van der Waals surface area (Å²) in [6.45, 7) is 2.44. The molecule has 18 heavy (non-hydrogen) atoms. The summed E-state index contributed by atoms with van der Waals surface area (Å²) in [5.74, 6) is 0.0304. The van der Waals surface area contributed by atoms with Gasteiger partial charge in [-0.3, -0.25) is 9.78 Å². The number of hydrogen-bond acceptors (Lipinski definition) is 4. The van der Waals surface area contributed by atoms with E-state index >= 15 is 0 Å². The lowest BCUT2D eigenvalue weighted by molar-refractivity contribution is -0.138. The average molecular weight is 272 g/mol. The van der Waals surface area contributed by atoms with Gasteiger partial charge >= 0.3 is 0 Å². The predicted octanol–water partition coefficient (Wildman–Crippen LogP) is 0.623. The molecule has 0 radical (unpaired) electrons. The molecule has 1 fully saturated rings. The van der Waals surface area contributed by atoms with E-state index in [-0.39, 0.29) is 31.0 Å². The molecule has 1 aliphatic rings. The number of ether oxygens (including phenoxy) is 1. The van der Waals surface area contributed by atoms with Gasteiger partial charge in [-0.2, -0.15) is 0 Å². The lowest BCUT2D eigenvalue weighted by Gasteiger charge is -2.36. The molecule has 1 unspecified atom stereocenters. The Bertz CT molecular complexity index is 375. The van der Waals surface area contributed by atoms with Crippen molar-refractivity contribution in [1.29, 1.82) is 0 Å². The van der Waals surface area contributed by atoms with E-state index in [2.05, 4.69) is 10.3 Å². The second kappa shape index (κ2) is 7.31. The van der Waals surface area contributed by atoms with Crippen molar-refractivity contribution in [3.63, 3.8) is 0 Å². The highest BCUT2D eigenvalue weighted by Crippen LogP contribution is 2.21. The minimum Gasteiger partial charge on any atom is -0.375 e. The summed E-state index contributed by atoms with van der Waals surface area (Å²) in [5.41, 5.74) is 1.06. The zero-order valence-electron chi connectivity index (χ0n) is 10.3. The highest BCUT2D eigenvalue weighted by molar-refractivity contribution is 5.85. The molecule has 1 aromatic heterocycles. The zero-order valence-corrected chi connectivity index (χ0v) is 11.2. The number of halogens is 1. The Kier molecular flexibility index (Phi) is 6.04. The van der Waals surface area contributed by atoms with Crippen LogP contribution in [-0.4, -0.2) is 49.1 Å². The number of carbonyl (C=O) groups is 1. The summed E-state index contributed by atoms with van der Waals surface area (Å²) >= 11 is 0. The third kappa shape index (κ3) is 3.41. The van der Waals surface area contributed by atoms with Crippen LogP contribution < -0.4 is 5.32 Å². The van der Waals surface area contributed by atoms with Crippen LogP contribution in [0.5, 0.6) is 0 Å². The molecule has 5 nitrogen and oxygen atoms in total. The molecule has 1 aliphatic heterocycles. The topological polar surface area (TPSA) is 54.5 Å². The van der Waals surface area contributed by atoms with E-state index in [9.17, 15) is 4.79 Å². The summed E-state index contributed by atoms with van der Waals surface area (Å²) < 4.78 is 4.91. The molecule has 1 amide bonds. The molecule has 2 rings (SSSR count). The Morgan fingerprint density at radius 1 is 1.67 bits per heavy atom. The Balaban J connectivity index is 0.00000162. The van der Waals surface area contributed by atoms with Crippen LogP contribution in [0.3, 0.4) is 0 Å². The van der Waals surface area contributed by atoms with Crippen LogP contribution in [0.25, 0.3) is 0 Å². The number of pyridine rings is 1. The van der Waals surface area contributed by atoms with Gasteiger partial charge in [0.25, 0.3) is 0 Å². The zero-order chi connectivity index (χ0) is 12.1. The largest absolute Gasteiger partial charge is 0.375 e. The molecule has 2 heterocycles. The molecule has 0 saturated carbocycles. The van der Waals surface area contributed by atoms with Crippen LogP contribution in [0.4, 0.5) is 0 Å². The summed E-state index contributed by atoms with van der Waals surface area (Å²) in [6.07, 6.45) is 3.55. The fraction of sp³-hybridized carbons (Fsp3) is 0.500. The van der Waals surface area contributed by atoms with Crippen LogP contribution in [0, 0.1) is 0 Å². The normalized spacial score (nSPS) is 19.2. The maximum atomic E-state index is 11.9. The van der Waals surface area contributed by atoms with Gasteiger partial charge in [0, 0.05) is 39.1 Å². The van der Waals surface area contributed by atoms with E-state index in [1.807, 2.05) is 23.2 Å².